The second kappa shape index (κ2) is 4.32. The molecule has 1 heterocycles. The van der Waals surface area contributed by atoms with Crippen LogP contribution in [-0.2, 0) is 6.54 Å². The number of nitrogen functional groups attached to an aromatic ring is 1. The van der Waals surface area contributed by atoms with Crippen molar-refractivity contribution in [3.05, 3.63) is 30.2 Å². The van der Waals surface area contributed by atoms with Gasteiger partial charge in [0.1, 0.15) is 0 Å². The summed E-state index contributed by atoms with van der Waals surface area (Å²) in [6.45, 7) is 0.634. The lowest BCUT2D eigenvalue weighted by atomic mass is 10.2. The van der Waals surface area contributed by atoms with Gasteiger partial charge in [0, 0.05) is 11.3 Å². The summed E-state index contributed by atoms with van der Waals surface area (Å²) in [4.78, 5) is 6.26. The van der Waals surface area contributed by atoms with E-state index in [-0.39, 0.29) is 0 Å². The summed E-state index contributed by atoms with van der Waals surface area (Å²) in [7, 11) is 3.90. The van der Waals surface area contributed by atoms with Gasteiger partial charge in [0.15, 0.2) is 0 Å². The molecule has 2 rings (SSSR count). The molecule has 1 aromatic heterocycles. The van der Waals surface area contributed by atoms with Crippen LogP contribution in [0.4, 0.5) is 5.69 Å². The number of anilines is 1. The Hall–Kier alpha value is -1.88. The summed E-state index contributed by atoms with van der Waals surface area (Å²) in [5.41, 5.74) is 7.25. The Morgan fingerprint density at radius 2 is 2.19 bits per heavy atom. The molecule has 0 aliphatic carbocycles. The van der Waals surface area contributed by atoms with Gasteiger partial charge in [-0.3, -0.25) is 0 Å². The van der Waals surface area contributed by atoms with Crippen molar-refractivity contribution in [3.8, 4) is 11.4 Å². The van der Waals surface area contributed by atoms with Gasteiger partial charge in [0.05, 0.1) is 6.54 Å². The molecule has 0 aliphatic heterocycles. The van der Waals surface area contributed by atoms with Gasteiger partial charge in [-0.15, -0.1) is 0 Å². The van der Waals surface area contributed by atoms with Crippen LogP contribution >= 0.6 is 0 Å². The van der Waals surface area contributed by atoms with Crippen molar-refractivity contribution >= 4 is 5.69 Å². The molecular formula is C11H14N4O. The van der Waals surface area contributed by atoms with Gasteiger partial charge in [-0.05, 0) is 26.2 Å². The van der Waals surface area contributed by atoms with E-state index in [1.54, 1.807) is 0 Å². The van der Waals surface area contributed by atoms with E-state index in [9.17, 15) is 0 Å². The Labute approximate surface area is 93.9 Å². The highest BCUT2D eigenvalue weighted by Crippen LogP contribution is 2.18. The van der Waals surface area contributed by atoms with Crippen LogP contribution in [0, 0.1) is 0 Å². The third-order valence-corrected chi connectivity index (χ3v) is 2.06. The van der Waals surface area contributed by atoms with Crippen LogP contribution in [0.2, 0.25) is 0 Å². The third-order valence-electron chi connectivity index (χ3n) is 2.06. The maximum absolute atomic E-state index is 5.69. The minimum atomic E-state index is 0.573. The minimum Gasteiger partial charge on any atom is -0.399 e. The fraction of sp³-hybridized carbons (Fsp3) is 0.273. The average molecular weight is 218 g/mol. The van der Waals surface area contributed by atoms with Crippen LogP contribution in [-0.4, -0.2) is 29.1 Å². The molecule has 0 saturated carbocycles. The highest BCUT2D eigenvalue weighted by atomic mass is 16.5. The van der Waals surface area contributed by atoms with E-state index in [0.29, 0.717) is 23.9 Å². The van der Waals surface area contributed by atoms with Gasteiger partial charge in [-0.2, -0.15) is 4.98 Å². The van der Waals surface area contributed by atoms with Crippen LogP contribution in [0.15, 0.2) is 28.8 Å². The molecule has 16 heavy (non-hydrogen) atoms. The number of hydrogen-bond donors (Lipinski definition) is 1. The number of hydrogen-bond acceptors (Lipinski definition) is 5. The van der Waals surface area contributed by atoms with E-state index in [1.165, 1.54) is 0 Å². The van der Waals surface area contributed by atoms with E-state index >= 15 is 0 Å². The molecular weight excluding hydrogens is 204 g/mol. The van der Waals surface area contributed by atoms with Crippen LogP contribution in [0.25, 0.3) is 11.4 Å². The standard InChI is InChI=1S/C11H14N4O/c1-15(2)7-10-13-11(14-16-10)8-4-3-5-9(12)6-8/h3-6H,7,12H2,1-2H3. The zero-order valence-corrected chi connectivity index (χ0v) is 9.34. The topological polar surface area (TPSA) is 68.2 Å². The first-order valence-electron chi connectivity index (χ1n) is 4.98. The van der Waals surface area contributed by atoms with Gasteiger partial charge in [-0.25, -0.2) is 0 Å². The Kier molecular flexibility index (Phi) is 2.87. The van der Waals surface area contributed by atoms with Crippen molar-refractivity contribution in [2.75, 3.05) is 19.8 Å². The van der Waals surface area contributed by atoms with Crippen molar-refractivity contribution < 1.29 is 4.52 Å². The van der Waals surface area contributed by atoms with Gasteiger partial charge < -0.3 is 15.2 Å². The first kappa shape index (κ1) is 10.6. The maximum Gasteiger partial charge on any atom is 0.241 e. The molecule has 0 unspecified atom stereocenters. The smallest absolute Gasteiger partial charge is 0.241 e. The van der Waals surface area contributed by atoms with Crippen molar-refractivity contribution in [2.24, 2.45) is 0 Å². The molecule has 0 saturated heterocycles. The fourth-order valence-electron chi connectivity index (χ4n) is 1.38. The van der Waals surface area contributed by atoms with Crippen molar-refractivity contribution in [3.63, 3.8) is 0 Å². The molecule has 84 valence electrons. The molecule has 5 heteroatoms. The van der Waals surface area contributed by atoms with Crippen molar-refractivity contribution in [1.29, 1.82) is 0 Å². The van der Waals surface area contributed by atoms with Crippen LogP contribution < -0.4 is 5.73 Å². The van der Waals surface area contributed by atoms with E-state index < -0.39 is 0 Å². The second-order valence-corrected chi connectivity index (χ2v) is 3.87. The largest absolute Gasteiger partial charge is 0.399 e. The molecule has 0 fully saturated rings. The number of benzene rings is 1. The summed E-state index contributed by atoms with van der Waals surface area (Å²) >= 11 is 0. The zero-order valence-electron chi connectivity index (χ0n) is 9.34. The fourth-order valence-corrected chi connectivity index (χ4v) is 1.38. The quantitative estimate of drug-likeness (QED) is 0.788. The Morgan fingerprint density at radius 3 is 2.88 bits per heavy atom. The SMILES string of the molecule is CN(C)Cc1nc(-c2cccc(N)c2)no1. The minimum absolute atomic E-state index is 0.573. The lowest BCUT2D eigenvalue weighted by Gasteiger charge is -2.02. The molecule has 2 aromatic rings. The van der Waals surface area contributed by atoms with Gasteiger partial charge >= 0.3 is 0 Å². The monoisotopic (exact) mass is 218 g/mol. The predicted molar refractivity (Wildman–Crippen MR) is 61.5 cm³/mol. The van der Waals surface area contributed by atoms with E-state index in [4.69, 9.17) is 10.3 Å². The Bertz CT molecular complexity index is 478. The summed E-state index contributed by atoms with van der Waals surface area (Å²) in [6, 6.07) is 7.42. The van der Waals surface area contributed by atoms with E-state index in [1.807, 2.05) is 43.3 Å². The average Bonchev–Trinajstić information content (AvgIpc) is 2.65. The Balaban J connectivity index is 2.24. The van der Waals surface area contributed by atoms with E-state index in [0.717, 1.165) is 5.56 Å². The molecule has 0 spiro atoms. The molecule has 0 aliphatic rings. The molecule has 0 bridgehead atoms. The first-order chi connectivity index (χ1) is 7.65. The van der Waals surface area contributed by atoms with Crippen molar-refractivity contribution in [1.82, 2.24) is 15.0 Å². The van der Waals surface area contributed by atoms with Gasteiger partial charge in [0.2, 0.25) is 11.7 Å². The lowest BCUT2D eigenvalue weighted by molar-refractivity contribution is 0.303. The van der Waals surface area contributed by atoms with Crippen LogP contribution in [0.1, 0.15) is 5.89 Å². The highest BCUT2D eigenvalue weighted by molar-refractivity contribution is 5.60. The van der Waals surface area contributed by atoms with Crippen LogP contribution in [0.5, 0.6) is 0 Å². The molecule has 1 aromatic carbocycles. The maximum atomic E-state index is 5.69. The summed E-state index contributed by atoms with van der Waals surface area (Å²) in [6.07, 6.45) is 0. The highest BCUT2D eigenvalue weighted by Gasteiger charge is 2.08. The number of rotatable bonds is 3. The lowest BCUT2D eigenvalue weighted by Crippen LogP contribution is -2.10. The molecule has 0 atom stereocenters. The normalized spacial score (nSPS) is 10.9. The van der Waals surface area contributed by atoms with Gasteiger partial charge in [-0.1, -0.05) is 17.3 Å². The molecule has 5 nitrogen and oxygen atoms in total. The van der Waals surface area contributed by atoms with Crippen molar-refractivity contribution in [2.45, 2.75) is 6.54 Å². The van der Waals surface area contributed by atoms with Crippen LogP contribution in [0.3, 0.4) is 0 Å². The summed E-state index contributed by atoms with van der Waals surface area (Å²) in [5, 5.41) is 3.91. The molecule has 2 N–H and O–H groups in total. The second-order valence-electron chi connectivity index (χ2n) is 3.87. The molecule has 0 radical (unpaired) electrons. The first-order valence-corrected chi connectivity index (χ1v) is 4.98. The number of nitrogens with two attached hydrogens (primary N) is 1. The zero-order chi connectivity index (χ0) is 11.5. The third kappa shape index (κ3) is 2.38. The van der Waals surface area contributed by atoms with Gasteiger partial charge in [0.25, 0.3) is 0 Å². The predicted octanol–water partition coefficient (Wildman–Crippen LogP) is 1.38. The number of nitrogens with zero attached hydrogens (tertiary/aromatic N) is 3. The Morgan fingerprint density at radius 1 is 1.38 bits per heavy atom. The summed E-state index contributed by atoms with van der Waals surface area (Å²) < 4.78 is 5.13. The van der Waals surface area contributed by atoms with E-state index in [2.05, 4.69) is 10.1 Å². The number of aromatic nitrogens is 2. The summed E-state index contributed by atoms with van der Waals surface area (Å²) in [5.74, 6) is 1.17. The molecule has 0 amide bonds.